The van der Waals surface area contributed by atoms with Gasteiger partial charge in [-0.3, -0.25) is 4.79 Å². The van der Waals surface area contributed by atoms with Crippen molar-refractivity contribution in [2.24, 2.45) is 0 Å². The predicted molar refractivity (Wildman–Crippen MR) is 97.8 cm³/mol. The van der Waals surface area contributed by atoms with E-state index in [1.807, 2.05) is 0 Å². The molecule has 26 heavy (non-hydrogen) atoms. The maximum Gasteiger partial charge on any atom is 0.225 e. The maximum absolute atomic E-state index is 12.3. The van der Waals surface area contributed by atoms with E-state index in [1.54, 1.807) is 30.3 Å². The highest BCUT2D eigenvalue weighted by Crippen LogP contribution is 2.29. The van der Waals surface area contributed by atoms with Crippen LogP contribution in [0, 0.1) is 0 Å². The number of hydrogen-bond donors (Lipinski definition) is 1. The lowest BCUT2D eigenvalue weighted by Crippen LogP contribution is -2.18. The number of benzene rings is 2. The first-order valence-corrected chi connectivity index (χ1v) is 9.43. The molecule has 0 aliphatic rings. The zero-order valence-corrected chi connectivity index (χ0v) is 15.6. The van der Waals surface area contributed by atoms with E-state index in [-0.39, 0.29) is 17.1 Å². The Kier molecular flexibility index (Phi) is 6.46. The summed E-state index contributed by atoms with van der Waals surface area (Å²) >= 11 is 0. The van der Waals surface area contributed by atoms with Gasteiger partial charge in [0.25, 0.3) is 0 Å². The number of carbonyl (C=O) groups excluding carboxylic acids is 1. The molecule has 2 aromatic carbocycles. The quantitative estimate of drug-likeness (QED) is 0.758. The zero-order valence-electron chi connectivity index (χ0n) is 14.8. The lowest BCUT2D eigenvalue weighted by atomic mass is 10.2. The van der Waals surface area contributed by atoms with E-state index in [0.29, 0.717) is 22.9 Å². The van der Waals surface area contributed by atoms with Gasteiger partial charge in [-0.05, 0) is 36.4 Å². The maximum atomic E-state index is 12.3. The van der Waals surface area contributed by atoms with Crippen LogP contribution in [0.4, 0.5) is 5.69 Å². The second-order valence-electron chi connectivity index (χ2n) is 5.36. The van der Waals surface area contributed by atoms with E-state index < -0.39 is 15.7 Å². The summed E-state index contributed by atoms with van der Waals surface area (Å²) in [6, 6.07) is 11.0. The van der Waals surface area contributed by atoms with Crippen LogP contribution in [0.1, 0.15) is 6.42 Å². The van der Waals surface area contributed by atoms with Gasteiger partial charge in [0.05, 0.1) is 37.7 Å². The van der Waals surface area contributed by atoms with Crippen molar-refractivity contribution < 1.29 is 27.4 Å². The van der Waals surface area contributed by atoms with Crippen molar-refractivity contribution in [1.82, 2.24) is 0 Å². The summed E-state index contributed by atoms with van der Waals surface area (Å²) in [6.45, 7) is 0. The fraction of sp³-hybridized carbons (Fsp3) is 0.278. The predicted octanol–water partition coefficient (Wildman–Crippen LogP) is 2.51. The highest BCUT2D eigenvalue weighted by Gasteiger charge is 2.17. The van der Waals surface area contributed by atoms with Crippen molar-refractivity contribution in [1.29, 1.82) is 0 Å². The molecular formula is C18H21NO6S. The Morgan fingerprint density at radius 2 is 1.54 bits per heavy atom. The molecule has 2 aromatic rings. The minimum Gasteiger partial charge on any atom is -0.497 e. The van der Waals surface area contributed by atoms with Gasteiger partial charge >= 0.3 is 0 Å². The Bertz CT molecular complexity index is 862. The third-order valence-electron chi connectivity index (χ3n) is 3.70. The first-order chi connectivity index (χ1) is 12.4. The normalized spacial score (nSPS) is 10.9. The van der Waals surface area contributed by atoms with Crippen LogP contribution in [0.15, 0.2) is 47.4 Å². The van der Waals surface area contributed by atoms with Gasteiger partial charge < -0.3 is 19.5 Å². The second kappa shape index (κ2) is 8.57. The number of hydrogen-bond acceptors (Lipinski definition) is 6. The summed E-state index contributed by atoms with van der Waals surface area (Å²) in [7, 11) is 0.914. The molecule has 0 radical (unpaired) electrons. The van der Waals surface area contributed by atoms with Gasteiger partial charge in [0, 0.05) is 12.5 Å². The largest absolute Gasteiger partial charge is 0.497 e. The fourth-order valence-corrected chi connectivity index (χ4v) is 3.49. The van der Waals surface area contributed by atoms with Crippen LogP contribution in [0.5, 0.6) is 17.2 Å². The van der Waals surface area contributed by atoms with Crippen LogP contribution >= 0.6 is 0 Å². The Morgan fingerprint density at radius 1 is 0.923 bits per heavy atom. The molecule has 0 heterocycles. The van der Waals surface area contributed by atoms with Crippen molar-refractivity contribution in [2.75, 3.05) is 32.4 Å². The summed E-state index contributed by atoms with van der Waals surface area (Å²) < 4.78 is 40.0. The highest BCUT2D eigenvalue weighted by atomic mass is 32.2. The molecule has 0 bridgehead atoms. The third kappa shape index (κ3) is 4.89. The van der Waals surface area contributed by atoms with Gasteiger partial charge in [0.1, 0.15) is 17.2 Å². The van der Waals surface area contributed by atoms with E-state index in [1.165, 1.54) is 33.5 Å². The molecule has 140 valence electrons. The van der Waals surface area contributed by atoms with Crippen LogP contribution in [0.3, 0.4) is 0 Å². The number of carbonyl (C=O) groups is 1. The molecule has 2 rings (SSSR count). The van der Waals surface area contributed by atoms with Crippen molar-refractivity contribution in [2.45, 2.75) is 11.3 Å². The van der Waals surface area contributed by atoms with Crippen LogP contribution in [0.2, 0.25) is 0 Å². The van der Waals surface area contributed by atoms with E-state index in [4.69, 9.17) is 14.2 Å². The average molecular weight is 379 g/mol. The zero-order chi connectivity index (χ0) is 19.2. The first-order valence-electron chi connectivity index (χ1n) is 7.78. The van der Waals surface area contributed by atoms with Crippen LogP contribution in [-0.4, -0.2) is 41.4 Å². The second-order valence-corrected chi connectivity index (χ2v) is 7.47. The van der Waals surface area contributed by atoms with Gasteiger partial charge in [0.2, 0.25) is 5.91 Å². The van der Waals surface area contributed by atoms with Gasteiger partial charge in [-0.25, -0.2) is 8.42 Å². The monoisotopic (exact) mass is 379 g/mol. The van der Waals surface area contributed by atoms with Crippen molar-refractivity contribution in [3.05, 3.63) is 42.5 Å². The molecule has 0 unspecified atom stereocenters. The molecule has 0 aliphatic carbocycles. The van der Waals surface area contributed by atoms with Gasteiger partial charge in [-0.2, -0.15) is 0 Å². The molecular weight excluding hydrogens is 358 g/mol. The molecule has 8 heteroatoms. The number of rotatable bonds is 8. The molecule has 0 spiro atoms. The summed E-state index contributed by atoms with van der Waals surface area (Å²) in [5.74, 6) is 0.821. The van der Waals surface area contributed by atoms with Crippen molar-refractivity contribution in [3.63, 3.8) is 0 Å². The summed E-state index contributed by atoms with van der Waals surface area (Å²) in [4.78, 5) is 12.3. The number of sulfone groups is 1. The summed E-state index contributed by atoms with van der Waals surface area (Å²) in [6.07, 6.45) is -0.186. The smallest absolute Gasteiger partial charge is 0.225 e. The van der Waals surface area contributed by atoms with E-state index in [0.717, 1.165) is 0 Å². The van der Waals surface area contributed by atoms with Crippen LogP contribution < -0.4 is 19.5 Å². The van der Waals surface area contributed by atoms with Crippen molar-refractivity contribution >= 4 is 21.4 Å². The molecule has 0 atom stereocenters. The minimum atomic E-state index is -3.57. The third-order valence-corrected chi connectivity index (χ3v) is 5.43. The van der Waals surface area contributed by atoms with Crippen molar-refractivity contribution in [3.8, 4) is 17.2 Å². The molecule has 0 aromatic heterocycles. The number of nitrogens with one attached hydrogen (secondary N) is 1. The van der Waals surface area contributed by atoms with E-state index in [9.17, 15) is 13.2 Å². The fourth-order valence-electron chi connectivity index (χ4n) is 2.25. The summed E-state index contributed by atoms with van der Waals surface area (Å²) in [5, 5.41) is 2.65. The standard InChI is InChI=1S/C18H21NO6S/c1-23-13-4-7-15(8-5-13)26(21,22)11-10-18(20)19-16-12-14(24-2)6-9-17(16)25-3/h4-9,12H,10-11H2,1-3H3,(H,19,20). The number of methoxy groups -OCH3 is 3. The molecule has 0 aliphatic heterocycles. The van der Waals surface area contributed by atoms with Gasteiger partial charge in [-0.1, -0.05) is 0 Å². The number of anilines is 1. The molecule has 0 saturated heterocycles. The molecule has 1 N–H and O–H groups in total. The lowest BCUT2D eigenvalue weighted by Gasteiger charge is -2.12. The summed E-state index contributed by atoms with van der Waals surface area (Å²) in [5.41, 5.74) is 0.415. The van der Waals surface area contributed by atoms with Gasteiger partial charge in [-0.15, -0.1) is 0 Å². The SMILES string of the molecule is COc1ccc(S(=O)(=O)CCC(=O)Nc2cc(OC)ccc2OC)cc1. The highest BCUT2D eigenvalue weighted by molar-refractivity contribution is 7.91. The number of ether oxygens (including phenoxy) is 3. The minimum absolute atomic E-state index is 0.144. The average Bonchev–Trinajstić information content (AvgIpc) is 2.66. The Balaban J connectivity index is 2.03. The van der Waals surface area contributed by atoms with Crippen LogP contribution in [-0.2, 0) is 14.6 Å². The van der Waals surface area contributed by atoms with E-state index >= 15 is 0 Å². The van der Waals surface area contributed by atoms with E-state index in [2.05, 4.69) is 5.32 Å². The van der Waals surface area contributed by atoms with Crippen LogP contribution in [0.25, 0.3) is 0 Å². The first kappa shape index (κ1) is 19.6. The molecule has 1 amide bonds. The Hall–Kier alpha value is -2.74. The number of amides is 1. The topological polar surface area (TPSA) is 90.9 Å². The molecule has 0 saturated carbocycles. The Morgan fingerprint density at radius 3 is 2.12 bits per heavy atom. The molecule has 0 fully saturated rings. The van der Waals surface area contributed by atoms with Gasteiger partial charge in [0.15, 0.2) is 9.84 Å². The lowest BCUT2D eigenvalue weighted by molar-refractivity contribution is -0.115. The Labute approximate surface area is 152 Å². The molecule has 7 nitrogen and oxygen atoms in total.